The number of nitrogen functional groups attached to an aromatic ring is 1. The van der Waals surface area contributed by atoms with E-state index >= 15 is 0 Å². The van der Waals surface area contributed by atoms with Crippen molar-refractivity contribution in [1.29, 1.82) is 0 Å². The molecule has 106 valence electrons. The fourth-order valence-corrected chi connectivity index (χ4v) is 2.31. The number of amides is 1. The number of rotatable bonds is 6. The summed E-state index contributed by atoms with van der Waals surface area (Å²) in [7, 11) is -3.22. The molecule has 0 bridgehead atoms. The highest BCUT2D eigenvalue weighted by Crippen LogP contribution is 2.37. The number of nitrogens with zero attached hydrogens (tertiary/aromatic N) is 1. The number of nitrogens with one attached hydrogen (secondary N) is 2. The first-order valence-electron chi connectivity index (χ1n) is 6.07. The van der Waals surface area contributed by atoms with Gasteiger partial charge in [0.05, 0.1) is 11.9 Å². The fourth-order valence-electron chi connectivity index (χ4n) is 1.84. The van der Waals surface area contributed by atoms with E-state index in [-0.39, 0.29) is 19.0 Å². The second-order valence-corrected chi connectivity index (χ2v) is 6.55. The van der Waals surface area contributed by atoms with Gasteiger partial charge < -0.3 is 15.6 Å². The topological polar surface area (TPSA) is 106 Å². The highest BCUT2D eigenvalue weighted by Gasteiger charge is 2.27. The Morgan fingerprint density at radius 3 is 2.74 bits per heavy atom. The number of aromatic nitrogens is 1. The average Bonchev–Trinajstić information content (AvgIpc) is 3.06. The molecule has 4 N–H and O–H groups in total. The third kappa shape index (κ3) is 3.97. The van der Waals surface area contributed by atoms with E-state index in [1.807, 2.05) is 4.57 Å². The lowest BCUT2D eigenvalue weighted by molar-refractivity contribution is 0.0945. The van der Waals surface area contributed by atoms with E-state index in [2.05, 4.69) is 10.0 Å². The van der Waals surface area contributed by atoms with E-state index in [0.29, 0.717) is 17.4 Å². The van der Waals surface area contributed by atoms with E-state index < -0.39 is 10.0 Å². The minimum absolute atomic E-state index is 0.171. The van der Waals surface area contributed by atoms with Crippen molar-refractivity contribution in [3.8, 4) is 0 Å². The number of anilines is 1. The summed E-state index contributed by atoms with van der Waals surface area (Å²) < 4.78 is 25.9. The molecule has 1 aliphatic rings. The van der Waals surface area contributed by atoms with Crippen LogP contribution in [0.2, 0.25) is 0 Å². The van der Waals surface area contributed by atoms with E-state index in [1.54, 1.807) is 12.3 Å². The molecule has 0 radical (unpaired) electrons. The third-order valence-electron chi connectivity index (χ3n) is 2.82. The molecule has 1 aromatic rings. The van der Waals surface area contributed by atoms with Gasteiger partial charge in [0, 0.05) is 25.3 Å². The van der Waals surface area contributed by atoms with Crippen LogP contribution in [0.5, 0.6) is 0 Å². The summed E-state index contributed by atoms with van der Waals surface area (Å²) in [5.41, 5.74) is 6.79. The number of hydrogen-bond acceptors (Lipinski definition) is 4. The largest absolute Gasteiger partial charge is 0.397 e. The Bertz CT molecular complexity index is 575. The van der Waals surface area contributed by atoms with Crippen LogP contribution in [0, 0.1) is 0 Å². The SMILES string of the molecule is CS(=O)(=O)NCCNC(=O)c1cc(N)cn1C1CC1. The lowest BCUT2D eigenvalue weighted by Crippen LogP contribution is -2.34. The van der Waals surface area contributed by atoms with Gasteiger partial charge in [-0.1, -0.05) is 0 Å². The predicted molar refractivity (Wildman–Crippen MR) is 72.3 cm³/mol. The van der Waals surface area contributed by atoms with Gasteiger partial charge in [0.1, 0.15) is 5.69 Å². The van der Waals surface area contributed by atoms with Crippen LogP contribution in [0.3, 0.4) is 0 Å². The molecular formula is C11H18N4O3S. The number of nitrogens with two attached hydrogens (primary N) is 1. The van der Waals surface area contributed by atoms with Crippen LogP contribution in [-0.2, 0) is 10.0 Å². The van der Waals surface area contributed by atoms with Crippen molar-refractivity contribution in [2.24, 2.45) is 0 Å². The van der Waals surface area contributed by atoms with Crippen molar-refractivity contribution in [3.05, 3.63) is 18.0 Å². The first kappa shape index (κ1) is 13.9. The zero-order valence-electron chi connectivity index (χ0n) is 10.7. The standard InChI is InChI=1S/C11H18N4O3S/c1-19(17,18)14-5-4-13-11(16)10-6-8(12)7-15(10)9-2-3-9/h6-7,9,14H,2-5,12H2,1H3,(H,13,16). The van der Waals surface area contributed by atoms with E-state index in [0.717, 1.165) is 19.1 Å². The molecule has 1 aliphatic carbocycles. The second-order valence-electron chi connectivity index (χ2n) is 4.72. The van der Waals surface area contributed by atoms with Gasteiger partial charge in [-0.05, 0) is 18.9 Å². The Morgan fingerprint density at radius 1 is 1.47 bits per heavy atom. The van der Waals surface area contributed by atoms with Crippen molar-refractivity contribution < 1.29 is 13.2 Å². The van der Waals surface area contributed by atoms with Crippen LogP contribution in [0.15, 0.2) is 12.3 Å². The lowest BCUT2D eigenvalue weighted by atomic mass is 10.3. The molecular weight excluding hydrogens is 268 g/mol. The lowest BCUT2D eigenvalue weighted by Gasteiger charge is -2.08. The Hall–Kier alpha value is -1.54. The highest BCUT2D eigenvalue weighted by atomic mass is 32.2. The van der Waals surface area contributed by atoms with Crippen LogP contribution in [-0.4, -0.2) is 38.2 Å². The molecule has 0 aliphatic heterocycles. The molecule has 1 fully saturated rings. The average molecular weight is 286 g/mol. The minimum atomic E-state index is -3.22. The summed E-state index contributed by atoms with van der Waals surface area (Å²) in [4.78, 5) is 12.0. The Balaban J connectivity index is 1.89. The number of carbonyl (C=O) groups excluding carboxylic acids is 1. The van der Waals surface area contributed by atoms with Crippen molar-refractivity contribution in [3.63, 3.8) is 0 Å². The van der Waals surface area contributed by atoms with Gasteiger partial charge in [-0.3, -0.25) is 4.79 Å². The van der Waals surface area contributed by atoms with Crippen LogP contribution in [0.25, 0.3) is 0 Å². The molecule has 0 spiro atoms. The summed E-state index contributed by atoms with van der Waals surface area (Å²) in [5, 5.41) is 2.67. The maximum Gasteiger partial charge on any atom is 0.268 e. The molecule has 1 saturated carbocycles. The minimum Gasteiger partial charge on any atom is -0.397 e. The van der Waals surface area contributed by atoms with E-state index in [9.17, 15) is 13.2 Å². The molecule has 7 nitrogen and oxygen atoms in total. The van der Waals surface area contributed by atoms with Gasteiger partial charge in [-0.15, -0.1) is 0 Å². The molecule has 0 atom stereocenters. The predicted octanol–water partition coefficient (Wildman–Crippen LogP) is -0.316. The molecule has 1 amide bonds. The maximum atomic E-state index is 12.0. The van der Waals surface area contributed by atoms with Crippen LogP contribution in [0.4, 0.5) is 5.69 Å². The van der Waals surface area contributed by atoms with Gasteiger partial charge in [0.25, 0.3) is 5.91 Å². The zero-order valence-corrected chi connectivity index (χ0v) is 11.5. The molecule has 0 saturated heterocycles. The van der Waals surface area contributed by atoms with Crippen LogP contribution in [0.1, 0.15) is 29.4 Å². The van der Waals surface area contributed by atoms with Gasteiger partial charge in [0.15, 0.2) is 0 Å². The van der Waals surface area contributed by atoms with E-state index in [1.165, 1.54) is 0 Å². The smallest absolute Gasteiger partial charge is 0.268 e. The van der Waals surface area contributed by atoms with Crippen molar-refractivity contribution in [2.75, 3.05) is 25.1 Å². The molecule has 1 heterocycles. The van der Waals surface area contributed by atoms with Gasteiger partial charge >= 0.3 is 0 Å². The summed E-state index contributed by atoms with van der Waals surface area (Å²) in [5.74, 6) is -0.237. The number of hydrogen-bond donors (Lipinski definition) is 3. The number of carbonyl (C=O) groups is 1. The van der Waals surface area contributed by atoms with Gasteiger partial charge in [-0.2, -0.15) is 0 Å². The summed E-state index contributed by atoms with van der Waals surface area (Å²) in [6, 6.07) is 2.00. The molecule has 0 unspecified atom stereocenters. The summed E-state index contributed by atoms with van der Waals surface area (Å²) >= 11 is 0. The normalized spacial score (nSPS) is 15.4. The number of sulfonamides is 1. The van der Waals surface area contributed by atoms with Crippen molar-refractivity contribution >= 4 is 21.6 Å². The van der Waals surface area contributed by atoms with E-state index in [4.69, 9.17) is 5.73 Å². The van der Waals surface area contributed by atoms with Crippen LogP contribution >= 0.6 is 0 Å². The maximum absolute atomic E-state index is 12.0. The fraction of sp³-hybridized carbons (Fsp3) is 0.545. The Labute approximate surface area is 112 Å². The first-order valence-corrected chi connectivity index (χ1v) is 7.96. The van der Waals surface area contributed by atoms with Gasteiger partial charge in [0.2, 0.25) is 10.0 Å². The summed E-state index contributed by atoms with van der Waals surface area (Å²) in [6.07, 6.45) is 4.96. The van der Waals surface area contributed by atoms with Crippen LogP contribution < -0.4 is 15.8 Å². The zero-order chi connectivity index (χ0) is 14.0. The van der Waals surface area contributed by atoms with Crippen molar-refractivity contribution in [1.82, 2.24) is 14.6 Å². The third-order valence-corrected chi connectivity index (χ3v) is 3.55. The highest BCUT2D eigenvalue weighted by molar-refractivity contribution is 7.88. The Morgan fingerprint density at radius 2 is 2.16 bits per heavy atom. The monoisotopic (exact) mass is 286 g/mol. The molecule has 19 heavy (non-hydrogen) atoms. The van der Waals surface area contributed by atoms with Crippen molar-refractivity contribution in [2.45, 2.75) is 18.9 Å². The molecule has 0 aromatic carbocycles. The quantitative estimate of drug-likeness (QED) is 0.623. The van der Waals surface area contributed by atoms with Gasteiger partial charge in [-0.25, -0.2) is 13.1 Å². The Kier molecular flexibility index (Phi) is 3.81. The second kappa shape index (κ2) is 5.22. The molecule has 1 aromatic heterocycles. The molecule has 2 rings (SSSR count). The first-order chi connectivity index (χ1) is 8.87. The molecule has 8 heteroatoms. The summed E-state index contributed by atoms with van der Waals surface area (Å²) in [6.45, 7) is 0.409.